The fourth-order valence-electron chi connectivity index (χ4n) is 2.18. The molecule has 0 radical (unpaired) electrons. The van der Waals surface area contributed by atoms with Crippen LogP contribution in [0.25, 0.3) is 20.1 Å². The number of para-hydroxylation sites is 1. The van der Waals surface area contributed by atoms with E-state index in [9.17, 15) is 4.79 Å². The first kappa shape index (κ1) is 15.4. The zero-order chi connectivity index (χ0) is 16.5. The van der Waals surface area contributed by atoms with Gasteiger partial charge >= 0.3 is 0 Å². The number of nitrogens with one attached hydrogen (secondary N) is 1. The number of aromatic nitrogens is 2. The van der Waals surface area contributed by atoms with Crippen molar-refractivity contribution < 1.29 is 4.79 Å². The third-order valence-electron chi connectivity index (χ3n) is 3.30. The Labute approximate surface area is 154 Å². The SMILES string of the molecule is O=C(Nc1ccc(Br)cn1)c1ccc(-c2nc3ccccc3s2)s1. The molecule has 0 aliphatic heterocycles. The van der Waals surface area contributed by atoms with E-state index in [4.69, 9.17) is 0 Å². The molecule has 4 aromatic rings. The summed E-state index contributed by atoms with van der Waals surface area (Å²) in [6.07, 6.45) is 1.65. The molecule has 0 fully saturated rings. The van der Waals surface area contributed by atoms with Crippen molar-refractivity contribution in [3.63, 3.8) is 0 Å². The van der Waals surface area contributed by atoms with Crippen LogP contribution in [0.15, 0.2) is 59.2 Å². The van der Waals surface area contributed by atoms with Crippen LogP contribution in [0.1, 0.15) is 9.67 Å². The molecule has 0 aliphatic rings. The monoisotopic (exact) mass is 415 g/mol. The standard InChI is InChI=1S/C17H10BrN3OS2/c18-10-5-8-15(19-9-10)21-16(22)13-6-7-14(23-13)17-20-11-3-1-2-4-12(11)24-17/h1-9H,(H,19,21,22). The maximum absolute atomic E-state index is 12.3. The van der Waals surface area contributed by atoms with Crippen LogP contribution in [0.5, 0.6) is 0 Å². The van der Waals surface area contributed by atoms with Gasteiger partial charge in [-0.2, -0.15) is 0 Å². The summed E-state index contributed by atoms with van der Waals surface area (Å²) in [6, 6.07) is 15.4. The minimum absolute atomic E-state index is 0.165. The molecule has 4 nitrogen and oxygen atoms in total. The van der Waals surface area contributed by atoms with Gasteiger partial charge < -0.3 is 5.32 Å². The van der Waals surface area contributed by atoms with Gasteiger partial charge in [0.1, 0.15) is 10.8 Å². The smallest absolute Gasteiger partial charge is 0.266 e. The van der Waals surface area contributed by atoms with Gasteiger partial charge in [-0.05, 0) is 52.3 Å². The number of amides is 1. The average molecular weight is 416 g/mol. The van der Waals surface area contributed by atoms with Crippen molar-refractivity contribution in [1.29, 1.82) is 0 Å². The summed E-state index contributed by atoms with van der Waals surface area (Å²) >= 11 is 6.38. The first-order chi connectivity index (χ1) is 11.7. The zero-order valence-electron chi connectivity index (χ0n) is 12.2. The Hall–Kier alpha value is -2.09. The number of halogens is 1. The fourth-order valence-corrected chi connectivity index (χ4v) is 4.34. The molecule has 0 saturated heterocycles. The molecule has 118 valence electrons. The predicted molar refractivity (Wildman–Crippen MR) is 103 cm³/mol. The maximum Gasteiger partial charge on any atom is 0.266 e. The van der Waals surface area contributed by atoms with Crippen LogP contribution in [0.2, 0.25) is 0 Å². The summed E-state index contributed by atoms with van der Waals surface area (Å²) in [4.78, 5) is 22.8. The van der Waals surface area contributed by atoms with Gasteiger partial charge in [0.25, 0.3) is 5.91 Å². The lowest BCUT2D eigenvalue weighted by atomic mass is 10.3. The lowest BCUT2D eigenvalue weighted by molar-refractivity contribution is 0.103. The quantitative estimate of drug-likeness (QED) is 0.484. The first-order valence-electron chi connectivity index (χ1n) is 7.08. The molecule has 1 aromatic carbocycles. The molecular formula is C17H10BrN3OS2. The molecule has 1 amide bonds. The summed E-state index contributed by atoms with van der Waals surface area (Å²) in [5.74, 6) is 0.361. The molecule has 0 bridgehead atoms. The number of benzene rings is 1. The fraction of sp³-hybridized carbons (Fsp3) is 0. The van der Waals surface area contributed by atoms with Crippen molar-refractivity contribution in [2.75, 3.05) is 5.32 Å². The highest BCUT2D eigenvalue weighted by molar-refractivity contribution is 9.10. The number of fused-ring (bicyclic) bond motifs is 1. The predicted octanol–water partition coefficient (Wildman–Crippen LogP) is 5.43. The van der Waals surface area contributed by atoms with E-state index in [0.717, 1.165) is 24.6 Å². The van der Waals surface area contributed by atoms with Crippen LogP contribution in [0, 0.1) is 0 Å². The van der Waals surface area contributed by atoms with Crippen molar-refractivity contribution in [2.45, 2.75) is 0 Å². The number of rotatable bonds is 3. The summed E-state index contributed by atoms with van der Waals surface area (Å²) in [6.45, 7) is 0. The number of hydrogen-bond acceptors (Lipinski definition) is 5. The highest BCUT2D eigenvalue weighted by Crippen LogP contribution is 2.34. The molecule has 4 rings (SSSR count). The van der Waals surface area contributed by atoms with E-state index < -0.39 is 0 Å². The Bertz CT molecular complexity index is 991. The molecule has 1 N–H and O–H groups in total. The topological polar surface area (TPSA) is 54.9 Å². The van der Waals surface area contributed by atoms with Gasteiger partial charge in [-0.1, -0.05) is 12.1 Å². The average Bonchev–Trinajstić information content (AvgIpc) is 3.23. The molecule has 7 heteroatoms. The van der Waals surface area contributed by atoms with Gasteiger partial charge in [0, 0.05) is 10.7 Å². The second-order valence-corrected chi connectivity index (χ2v) is 8.00. The third-order valence-corrected chi connectivity index (χ3v) is 6.06. The van der Waals surface area contributed by atoms with Crippen LogP contribution >= 0.6 is 38.6 Å². The minimum Gasteiger partial charge on any atom is -0.306 e. The zero-order valence-corrected chi connectivity index (χ0v) is 15.4. The van der Waals surface area contributed by atoms with E-state index in [-0.39, 0.29) is 5.91 Å². The summed E-state index contributed by atoms with van der Waals surface area (Å²) in [5.41, 5.74) is 0.982. The molecule has 3 heterocycles. The lowest BCUT2D eigenvalue weighted by Gasteiger charge is -2.01. The summed E-state index contributed by atoms with van der Waals surface area (Å²) in [7, 11) is 0. The van der Waals surface area contributed by atoms with E-state index in [2.05, 4.69) is 37.3 Å². The van der Waals surface area contributed by atoms with Crippen molar-refractivity contribution in [2.24, 2.45) is 0 Å². The number of thiophene rings is 1. The molecule has 3 aromatic heterocycles. The molecule has 0 aliphatic carbocycles. The Balaban J connectivity index is 1.57. The minimum atomic E-state index is -0.165. The summed E-state index contributed by atoms with van der Waals surface area (Å²) in [5, 5.41) is 3.73. The second kappa shape index (κ2) is 6.43. The normalized spacial score (nSPS) is 10.9. The van der Waals surface area contributed by atoms with E-state index in [1.165, 1.54) is 11.3 Å². The number of nitrogens with zero attached hydrogens (tertiary/aromatic N) is 2. The number of thiazole rings is 1. The van der Waals surface area contributed by atoms with Crippen molar-refractivity contribution >= 4 is 60.5 Å². The molecule has 24 heavy (non-hydrogen) atoms. The Morgan fingerprint density at radius 1 is 1.04 bits per heavy atom. The van der Waals surface area contributed by atoms with Crippen LogP contribution in [-0.4, -0.2) is 15.9 Å². The van der Waals surface area contributed by atoms with Crippen molar-refractivity contribution in [1.82, 2.24) is 9.97 Å². The first-order valence-corrected chi connectivity index (χ1v) is 9.50. The molecule has 0 unspecified atom stereocenters. The molecule has 0 spiro atoms. The van der Waals surface area contributed by atoms with Gasteiger partial charge in [0.2, 0.25) is 0 Å². The summed E-state index contributed by atoms with van der Waals surface area (Å²) < 4.78 is 2.01. The number of anilines is 1. The largest absolute Gasteiger partial charge is 0.306 e. The van der Waals surface area contributed by atoms with Gasteiger partial charge in [-0.15, -0.1) is 22.7 Å². The highest BCUT2D eigenvalue weighted by atomic mass is 79.9. The van der Waals surface area contributed by atoms with Crippen molar-refractivity contribution in [3.05, 3.63) is 64.1 Å². The van der Waals surface area contributed by atoms with Crippen LogP contribution in [0.3, 0.4) is 0 Å². The van der Waals surface area contributed by atoms with Gasteiger partial charge in [-0.25, -0.2) is 9.97 Å². The number of carbonyl (C=O) groups is 1. The van der Waals surface area contributed by atoms with Crippen LogP contribution in [0.4, 0.5) is 5.82 Å². The van der Waals surface area contributed by atoms with E-state index >= 15 is 0 Å². The Morgan fingerprint density at radius 2 is 1.92 bits per heavy atom. The Kier molecular flexibility index (Phi) is 4.13. The van der Waals surface area contributed by atoms with Crippen LogP contribution < -0.4 is 5.32 Å². The van der Waals surface area contributed by atoms with E-state index in [1.807, 2.05) is 36.4 Å². The number of hydrogen-bond donors (Lipinski definition) is 1. The van der Waals surface area contributed by atoms with Gasteiger partial charge in [-0.3, -0.25) is 4.79 Å². The van der Waals surface area contributed by atoms with Gasteiger partial charge in [0.15, 0.2) is 0 Å². The van der Waals surface area contributed by atoms with Crippen molar-refractivity contribution in [3.8, 4) is 9.88 Å². The highest BCUT2D eigenvalue weighted by Gasteiger charge is 2.13. The maximum atomic E-state index is 12.3. The third kappa shape index (κ3) is 3.10. The van der Waals surface area contributed by atoms with Gasteiger partial charge in [0.05, 0.1) is 20.0 Å². The second-order valence-electron chi connectivity index (χ2n) is 4.97. The molecule has 0 saturated carbocycles. The van der Waals surface area contributed by atoms with E-state index in [0.29, 0.717) is 10.7 Å². The van der Waals surface area contributed by atoms with Crippen LogP contribution in [-0.2, 0) is 0 Å². The molecular weight excluding hydrogens is 406 g/mol. The lowest BCUT2D eigenvalue weighted by Crippen LogP contribution is -2.10. The molecule has 0 atom stereocenters. The number of pyridine rings is 1. The number of carbonyl (C=O) groups excluding carboxylic acids is 1. The van der Waals surface area contributed by atoms with E-state index in [1.54, 1.807) is 23.6 Å². The Morgan fingerprint density at radius 3 is 2.71 bits per heavy atom.